The lowest BCUT2D eigenvalue weighted by molar-refractivity contribution is 0.0518. The van der Waals surface area contributed by atoms with Gasteiger partial charge in [0, 0.05) is 24.8 Å². The maximum atomic E-state index is 6.18. The van der Waals surface area contributed by atoms with E-state index >= 15 is 0 Å². The van der Waals surface area contributed by atoms with Crippen LogP contribution >= 0.6 is 0 Å². The summed E-state index contributed by atoms with van der Waals surface area (Å²) in [4.78, 5) is 2.69. The van der Waals surface area contributed by atoms with Gasteiger partial charge in [0.15, 0.2) is 0 Å². The summed E-state index contributed by atoms with van der Waals surface area (Å²) < 4.78 is 0. The van der Waals surface area contributed by atoms with E-state index in [9.17, 15) is 0 Å². The van der Waals surface area contributed by atoms with E-state index in [2.05, 4.69) is 43.9 Å². The number of hydrogen-bond acceptors (Lipinski definition) is 2. The Kier molecular flexibility index (Phi) is 3.53. The number of rotatable bonds is 1. The largest absolute Gasteiger partial charge is 0.398 e. The van der Waals surface area contributed by atoms with Crippen molar-refractivity contribution in [2.24, 2.45) is 11.3 Å². The van der Waals surface area contributed by atoms with Gasteiger partial charge in [0.25, 0.3) is 0 Å². The highest BCUT2D eigenvalue weighted by Gasteiger charge is 2.36. The fourth-order valence-corrected chi connectivity index (χ4v) is 4.39. The van der Waals surface area contributed by atoms with E-state index in [0.29, 0.717) is 5.41 Å². The lowest BCUT2D eigenvalue weighted by atomic mass is 9.70. The standard InChI is InChI=1S/C18H28N2/c1-13-11-18(2,3)9-7-17(13)20-10-8-14-5-4-6-16(19)15(14)12-20/h4-6,13,17H,7-12,19H2,1-3H3. The molecule has 1 aromatic rings. The van der Waals surface area contributed by atoms with Crippen LogP contribution in [0, 0.1) is 11.3 Å². The van der Waals surface area contributed by atoms with Crippen molar-refractivity contribution in [3.05, 3.63) is 29.3 Å². The lowest BCUT2D eigenvalue weighted by Crippen LogP contribution is -2.46. The summed E-state index contributed by atoms with van der Waals surface area (Å²) >= 11 is 0. The molecular formula is C18H28N2. The van der Waals surface area contributed by atoms with Gasteiger partial charge >= 0.3 is 0 Å². The molecule has 2 aliphatic rings. The highest BCUT2D eigenvalue weighted by atomic mass is 15.2. The predicted octanol–water partition coefficient (Wildman–Crippen LogP) is 3.84. The fourth-order valence-electron chi connectivity index (χ4n) is 4.39. The average Bonchev–Trinajstić information content (AvgIpc) is 2.38. The number of hydrogen-bond donors (Lipinski definition) is 1. The molecule has 2 atom stereocenters. The molecule has 20 heavy (non-hydrogen) atoms. The van der Waals surface area contributed by atoms with Gasteiger partial charge in [0.2, 0.25) is 0 Å². The Balaban J connectivity index is 1.76. The topological polar surface area (TPSA) is 29.3 Å². The molecule has 0 aromatic heterocycles. The Morgan fingerprint density at radius 1 is 1.30 bits per heavy atom. The summed E-state index contributed by atoms with van der Waals surface area (Å²) in [5.74, 6) is 0.797. The smallest absolute Gasteiger partial charge is 0.0362 e. The summed E-state index contributed by atoms with van der Waals surface area (Å²) in [6, 6.07) is 7.14. The van der Waals surface area contributed by atoms with Crippen LogP contribution in [0.4, 0.5) is 5.69 Å². The molecule has 0 spiro atoms. The monoisotopic (exact) mass is 272 g/mol. The van der Waals surface area contributed by atoms with Crippen molar-refractivity contribution < 1.29 is 0 Å². The molecule has 0 saturated heterocycles. The second kappa shape index (κ2) is 5.07. The molecule has 0 radical (unpaired) electrons. The zero-order chi connectivity index (χ0) is 14.3. The Morgan fingerprint density at radius 2 is 2.10 bits per heavy atom. The molecule has 2 N–H and O–H groups in total. The van der Waals surface area contributed by atoms with Crippen LogP contribution in [0.5, 0.6) is 0 Å². The van der Waals surface area contributed by atoms with Crippen LogP contribution in [0.2, 0.25) is 0 Å². The summed E-state index contributed by atoms with van der Waals surface area (Å²) in [6.45, 7) is 9.53. The summed E-state index contributed by atoms with van der Waals surface area (Å²) in [7, 11) is 0. The molecular weight excluding hydrogens is 244 g/mol. The molecule has 1 saturated carbocycles. The summed E-state index contributed by atoms with van der Waals surface area (Å²) in [5, 5.41) is 0. The van der Waals surface area contributed by atoms with Crippen molar-refractivity contribution in [3.8, 4) is 0 Å². The van der Waals surface area contributed by atoms with Gasteiger partial charge in [-0.05, 0) is 54.2 Å². The first kappa shape index (κ1) is 13.9. The van der Waals surface area contributed by atoms with Gasteiger partial charge in [0.05, 0.1) is 0 Å². The molecule has 0 amide bonds. The maximum Gasteiger partial charge on any atom is 0.0362 e. The highest BCUT2D eigenvalue weighted by Crippen LogP contribution is 2.41. The van der Waals surface area contributed by atoms with Gasteiger partial charge in [-0.3, -0.25) is 4.90 Å². The zero-order valence-corrected chi connectivity index (χ0v) is 13.2. The van der Waals surface area contributed by atoms with Crippen molar-refractivity contribution >= 4 is 5.69 Å². The molecule has 2 unspecified atom stereocenters. The first-order valence-electron chi connectivity index (χ1n) is 8.06. The molecule has 3 rings (SSSR count). The number of fused-ring (bicyclic) bond motifs is 1. The predicted molar refractivity (Wildman–Crippen MR) is 85.6 cm³/mol. The van der Waals surface area contributed by atoms with Crippen molar-refractivity contribution in [2.45, 2.75) is 59.0 Å². The van der Waals surface area contributed by atoms with E-state index in [0.717, 1.165) is 30.6 Å². The van der Waals surface area contributed by atoms with Crippen LogP contribution in [-0.2, 0) is 13.0 Å². The molecule has 2 heteroatoms. The first-order valence-corrected chi connectivity index (χ1v) is 8.06. The Morgan fingerprint density at radius 3 is 2.85 bits per heavy atom. The molecule has 1 aromatic carbocycles. The second-order valence-electron chi connectivity index (χ2n) is 7.66. The van der Waals surface area contributed by atoms with Crippen LogP contribution in [0.15, 0.2) is 18.2 Å². The van der Waals surface area contributed by atoms with E-state index in [1.165, 1.54) is 36.9 Å². The molecule has 0 bridgehead atoms. The Bertz CT molecular complexity index is 492. The number of anilines is 1. The van der Waals surface area contributed by atoms with E-state index in [1.54, 1.807) is 0 Å². The van der Waals surface area contributed by atoms with Gasteiger partial charge in [-0.25, -0.2) is 0 Å². The molecule has 1 fully saturated rings. The SMILES string of the molecule is CC1CC(C)(C)CCC1N1CCc2cccc(N)c2C1. The lowest BCUT2D eigenvalue weighted by Gasteiger charge is -2.46. The number of nitrogens with zero attached hydrogens (tertiary/aromatic N) is 1. The number of nitrogens with two attached hydrogens (primary N) is 1. The van der Waals surface area contributed by atoms with E-state index in [1.807, 2.05) is 0 Å². The van der Waals surface area contributed by atoms with Gasteiger partial charge in [0.1, 0.15) is 0 Å². The van der Waals surface area contributed by atoms with Crippen molar-refractivity contribution in [2.75, 3.05) is 12.3 Å². The van der Waals surface area contributed by atoms with Crippen LogP contribution in [0.1, 0.15) is 51.2 Å². The molecule has 2 nitrogen and oxygen atoms in total. The minimum Gasteiger partial charge on any atom is -0.398 e. The van der Waals surface area contributed by atoms with Crippen LogP contribution in [-0.4, -0.2) is 17.5 Å². The van der Waals surface area contributed by atoms with Crippen molar-refractivity contribution in [3.63, 3.8) is 0 Å². The van der Waals surface area contributed by atoms with Crippen molar-refractivity contribution in [1.82, 2.24) is 4.90 Å². The molecule has 1 heterocycles. The number of benzene rings is 1. The molecule has 1 aliphatic heterocycles. The Labute approximate surface area is 123 Å². The fraction of sp³-hybridized carbons (Fsp3) is 0.667. The second-order valence-corrected chi connectivity index (χ2v) is 7.66. The normalized spacial score (nSPS) is 29.9. The third-order valence-electron chi connectivity index (χ3n) is 5.46. The molecule has 110 valence electrons. The van der Waals surface area contributed by atoms with E-state index in [4.69, 9.17) is 5.73 Å². The third kappa shape index (κ3) is 2.58. The molecule has 1 aliphatic carbocycles. The van der Waals surface area contributed by atoms with Crippen molar-refractivity contribution in [1.29, 1.82) is 0 Å². The van der Waals surface area contributed by atoms with Crippen LogP contribution in [0.3, 0.4) is 0 Å². The van der Waals surface area contributed by atoms with Crippen LogP contribution in [0.25, 0.3) is 0 Å². The van der Waals surface area contributed by atoms with Gasteiger partial charge in [-0.1, -0.05) is 32.9 Å². The Hall–Kier alpha value is -1.02. The first-order chi connectivity index (χ1) is 9.46. The van der Waals surface area contributed by atoms with Crippen LogP contribution < -0.4 is 5.73 Å². The highest BCUT2D eigenvalue weighted by molar-refractivity contribution is 5.51. The van der Waals surface area contributed by atoms with Gasteiger partial charge in [-0.15, -0.1) is 0 Å². The van der Waals surface area contributed by atoms with E-state index in [-0.39, 0.29) is 0 Å². The number of nitrogen functional groups attached to an aromatic ring is 1. The third-order valence-corrected chi connectivity index (χ3v) is 5.46. The summed E-state index contributed by atoms with van der Waals surface area (Å²) in [6.07, 6.45) is 5.21. The van der Waals surface area contributed by atoms with E-state index < -0.39 is 0 Å². The maximum absolute atomic E-state index is 6.18. The quantitative estimate of drug-likeness (QED) is 0.787. The van der Waals surface area contributed by atoms with Gasteiger partial charge in [-0.2, -0.15) is 0 Å². The minimum absolute atomic E-state index is 0.530. The zero-order valence-electron chi connectivity index (χ0n) is 13.2. The minimum atomic E-state index is 0.530. The van der Waals surface area contributed by atoms with Gasteiger partial charge < -0.3 is 5.73 Å². The average molecular weight is 272 g/mol. The summed E-state index contributed by atoms with van der Waals surface area (Å²) in [5.41, 5.74) is 10.5.